The normalized spacial score (nSPS) is 10.5. The highest BCUT2D eigenvalue weighted by atomic mass is 15.4. The van der Waals surface area contributed by atoms with Crippen LogP contribution < -0.4 is 0 Å². The molecule has 0 aliphatic heterocycles. The lowest BCUT2D eigenvalue weighted by Gasteiger charge is -2.15. The van der Waals surface area contributed by atoms with E-state index in [9.17, 15) is 0 Å². The van der Waals surface area contributed by atoms with Gasteiger partial charge in [-0.05, 0) is 24.7 Å². The Bertz CT molecular complexity index is 368. The Morgan fingerprint density at radius 3 is 2.47 bits per heavy atom. The molecule has 1 heterocycles. The van der Waals surface area contributed by atoms with Gasteiger partial charge in [-0.2, -0.15) is 5.26 Å². The molecule has 0 aliphatic carbocycles. The van der Waals surface area contributed by atoms with Crippen LogP contribution in [-0.4, -0.2) is 15.0 Å². The van der Waals surface area contributed by atoms with E-state index in [0.717, 1.165) is 37.9 Å². The van der Waals surface area contributed by atoms with Crippen molar-refractivity contribution in [2.24, 2.45) is 5.41 Å². The molecule has 0 saturated heterocycles. The monoisotopic (exact) mass is 264 g/mol. The smallest absolute Gasteiger partial charge is 0.0832 e. The minimum atomic E-state index is 0.258. The third-order valence-corrected chi connectivity index (χ3v) is 2.47. The minimum absolute atomic E-state index is 0.258. The molecule has 1 aromatic rings. The summed E-state index contributed by atoms with van der Waals surface area (Å²) in [6.07, 6.45) is 6.80. The highest BCUT2D eigenvalue weighted by Crippen LogP contribution is 2.18. The molecule has 0 spiro atoms. The predicted octanol–water partition coefficient (Wildman–Crippen LogP) is 3.98. The second kappa shape index (κ2) is 9.55. The van der Waals surface area contributed by atoms with Crippen LogP contribution in [0, 0.1) is 16.7 Å². The Kier molecular flexibility index (Phi) is 8.86. The van der Waals surface area contributed by atoms with Crippen LogP contribution in [0.4, 0.5) is 0 Å². The van der Waals surface area contributed by atoms with Crippen molar-refractivity contribution in [3.63, 3.8) is 0 Å². The van der Waals surface area contributed by atoms with Gasteiger partial charge in [-0.15, -0.1) is 5.10 Å². The van der Waals surface area contributed by atoms with Crippen LogP contribution >= 0.6 is 0 Å². The van der Waals surface area contributed by atoms with Gasteiger partial charge in [-0.25, -0.2) is 0 Å². The van der Waals surface area contributed by atoms with E-state index < -0.39 is 0 Å². The average molecular weight is 264 g/mol. The lowest BCUT2D eigenvalue weighted by Crippen LogP contribution is -2.09. The second-order valence-corrected chi connectivity index (χ2v) is 5.68. The van der Waals surface area contributed by atoms with E-state index in [-0.39, 0.29) is 5.41 Å². The summed E-state index contributed by atoms with van der Waals surface area (Å²) in [5.74, 6) is 0. The van der Waals surface area contributed by atoms with Crippen molar-refractivity contribution in [2.45, 2.75) is 73.3 Å². The van der Waals surface area contributed by atoms with Gasteiger partial charge in [0, 0.05) is 19.2 Å². The Balaban J connectivity index is 0.00000154. The number of nitriles is 1. The standard InChI is InChI=1S/C13H22N4.C2H6/c1-13(2,3)10-12-11-17(16-15-12)9-7-5-4-6-8-14;1-2/h11H,4-7,9-10H2,1-3H3;1-2H3. The van der Waals surface area contributed by atoms with E-state index in [0.29, 0.717) is 6.42 Å². The van der Waals surface area contributed by atoms with Crippen LogP contribution in [-0.2, 0) is 13.0 Å². The first-order chi connectivity index (χ1) is 9.01. The van der Waals surface area contributed by atoms with Crippen molar-refractivity contribution in [1.29, 1.82) is 5.26 Å². The maximum absolute atomic E-state index is 8.42. The van der Waals surface area contributed by atoms with Gasteiger partial charge >= 0.3 is 0 Å². The zero-order valence-electron chi connectivity index (χ0n) is 13.1. The van der Waals surface area contributed by atoms with E-state index in [1.807, 2.05) is 24.7 Å². The van der Waals surface area contributed by atoms with Crippen LogP contribution in [0.2, 0.25) is 0 Å². The third kappa shape index (κ3) is 9.24. The van der Waals surface area contributed by atoms with E-state index in [1.54, 1.807) is 0 Å². The fraction of sp³-hybridized carbons (Fsp3) is 0.800. The highest BCUT2D eigenvalue weighted by molar-refractivity contribution is 4.95. The molecule has 1 rings (SSSR count). The first-order valence-electron chi connectivity index (χ1n) is 7.27. The maximum Gasteiger partial charge on any atom is 0.0832 e. The molecule has 19 heavy (non-hydrogen) atoms. The molecule has 0 bridgehead atoms. The van der Waals surface area contributed by atoms with Gasteiger partial charge in [-0.3, -0.25) is 4.68 Å². The van der Waals surface area contributed by atoms with E-state index in [2.05, 4.69) is 37.2 Å². The number of nitrogens with zero attached hydrogens (tertiary/aromatic N) is 4. The van der Waals surface area contributed by atoms with Crippen molar-refractivity contribution < 1.29 is 0 Å². The van der Waals surface area contributed by atoms with Crippen LogP contribution in [0.5, 0.6) is 0 Å². The summed E-state index contributed by atoms with van der Waals surface area (Å²) in [7, 11) is 0. The molecule has 0 radical (unpaired) electrons. The predicted molar refractivity (Wildman–Crippen MR) is 78.6 cm³/mol. The van der Waals surface area contributed by atoms with Crippen LogP contribution in [0.15, 0.2) is 6.20 Å². The van der Waals surface area contributed by atoms with Gasteiger partial charge < -0.3 is 0 Å². The molecule has 4 nitrogen and oxygen atoms in total. The second-order valence-electron chi connectivity index (χ2n) is 5.68. The van der Waals surface area contributed by atoms with E-state index in [4.69, 9.17) is 5.26 Å². The van der Waals surface area contributed by atoms with Crippen LogP contribution in [0.1, 0.15) is 66.0 Å². The molecule has 0 aromatic carbocycles. The van der Waals surface area contributed by atoms with Gasteiger partial charge in [0.05, 0.1) is 11.8 Å². The van der Waals surface area contributed by atoms with Gasteiger partial charge in [-0.1, -0.05) is 46.3 Å². The lowest BCUT2D eigenvalue weighted by atomic mass is 9.91. The molecule has 0 aliphatic rings. The maximum atomic E-state index is 8.42. The quantitative estimate of drug-likeness (QED) is 0.730. The Labute approximate surface area is 117 Å². The molecule has 0 fully saturated rings. The number of unbranched alkanes of at least 4 members (excludes halogenated alkanes) is 3. The first kappa shape index (κ1) is 17.6. The van der Waals surface area contributed by atoms with Gasteiger partial charge in [0.1, 0.15) is 0 Å². The van der Waals surface area contributed by atoms with Crippen molar-refractivity contribution in [2.75, 3.05) is 0 Å². The van der Waals surface area contributed by atoms with Gasteiger partial charge in [0.25, 0.3) is 0 Å². The van der Waals surface area contributed by atoms with Crippen molar-refractivity contribution in [3.05, 3.63) is 11.9 Å². The summed E-state index contributed by atoms with van der Waals surface area (Å²) < 4.78 is 1.91. The molecular formula is C15H28N4. The fourth-order valence-electron chi connectivity index (χ4n) is 1.73. The highest BCUT2D eigenvalue weighted by Gasteiger charge is 2.13. The SMILES string of the molecule is CC.CC(C)(C)Cc1cn(CCCCCC#N)nn1. The number of hydrogen-bond donors (Lipinski definition) is 0. The molecular weight excluding hydrogens is 236 g/mol. The van der Waals surface area contributed by atoms with E-state index >= 15 is 0 Å². The topological polar surface area (TPSA) is 54.5 Å². The Morgan fingerprint density at radius 1 is 1.21 bits per heavy atom. The molecule has 0 unspecified atom stereocenters. The summed E-state index contributed by atoms with van der Waals surface area (Å²) in [5, 5.41) is 16.7. The molecule has 108 valence electrons. The fourth-order valence-corrected chi connectivity index (χ4v) is 1.73. The zero-order chi connectivity index (χ0) is 14.7. The van der Waals surface area contributed by atoms with Crippen molar-refractivity contribution in [3.8, 4) is 6.07 Å². The average Bonchev–Trinajstić information content (AvgIpc) is 2.77. The van der Waals surface area contributed by atoms with Crippen molar-refractivity contribution >= 4 is 0 Å². The minimum Gasteiger partial charge on any atom is -0.252 e. The molecule has 1 aromatic heterocycles. The number of aromatic nitrogens is 3. The molecule has 0 atom stereocenters. The molecule has 0 N–H and O–H groups in total. The molecule has 0 amide bonds. The third-order valence-electron chi connectivity index (χ3n) is 2.47. The largest absolute Gasteiger partial charge is 0.252 e. The number of aryl methyl sites for hydroxylation is 1. The van der Waals surface area contributed by atoms with E-state index in [1.165, 1.54) is 0 Å². The van der Waals surface area contributed by atoms with Gasteiger partial charge in [0.2, 0.25) is 0 Å². The summed E-state index contributed by atoms with van der Waals surface area (Å²) in [6.45, 7) is 11.5. The van der Waals surface area contributed by atoms with Crippen LogP contribution in [0.3, 0.4) is 0 Å². The number of rotatable bonds is 6. The molecule has 0 saturated carbocycles. The van der Waals surface area contributed by atoms with Crippen LogP contribution in [0.25, 0.3) is 0 Å². The van der Waals surface area contributed by atoms with Crippen molar-refractivity contribution in [1.82, 2.24) is 15.0 Å². The summed E-state index contributed by atoms with van der Waals surface area (Å²) in [5.41, 5.74) is 1.32. The zero-order valence-corrected chi connectivity index (χ0v) is 13.1. The summed E-state index contributed by atoms with van der Waals surface area (Å²) in [4.78, 5) is 0. The summed E-state index contributed by atoms with van der Waals surface area (Å²) >= 11 is 0. The summed E-state index contributed by atoms with van der Waals surface area (Å²) in [6, 6.07) is 2.16. The lowest BCUT2D eigenvalue weighted by molar-refractivity contribution is 0.406. The molecule has 4 heteroatoms. The first-order valence-corrected chi connectivity index (χ1v) is 7.27. The number of hydrogen-bond acceptors (Lipinski definition) is 3. The van der Waals surface area contributed by atoms with Gasteiger partial charge in [0.15, 0.2) is 0 Å². The Hall–Kier alpha value is -1.37. The Morgan fingerprint density at radius 2 is 1.89 bits per heavy atom.